The second-order valence-corrected chi connectivity index (χ2v) is 8.28. The normalized spacial score (nSPS) is 24.8. The molecular weight excluding hydrogens is 406 g/mol. The highest BCUT2D eigenvalue weighted by molar-refractivity contribution is 5.95. The average molecular weight is 434 g/mol. The zero-order chi connectivity index (χ0) is 22.7. The van der Waals surface area contributed by atoms with Crippen molar-refractivity contribution in [2.75, 3.05) is 19.0 Å². The van der Waals surface area contributed by atoms with Crippen molar-refractivity contribution >= 4 is 22.5 Å². The number of primary amides is 1. The number of nitrogens with one attached hydrogen (secondary N) is 2. The van der Waals surface area contributed by atoms with Crippen molar-refractivity contribution in [2.45, 2.75) is 43.9 Å². The number of carbonyl (C=O) groups is 1. The number of nitrogens with two attached hydrogens (primary N) is 1. The number of hydrogen-bond donors (Lipinski definition) is 3. The number of dihydropyridines is 1. The number of pyridine rings is 1. The van der Waals surface area contributed by atoms with Crippen LogP contribution in [0.1, 0.15) is 37.3 Å². The molecule has 4 N–H and O–H groups in total. The third-order valence-corrected chi connectivity index (χ3v) is 6.00. The van der Waals surface area contributed by atoms with Crippen molar-refractivity contribution in [3.05, 3.63) is 59.6 Å². The summed E-state index contributed by atoms with van der Waals surface area (Å²) in [5, 5.41) is 17.3. The maximum Gasteiger partial charge on any atom is 0.220 e. The Morgan fingerprint density at radius 3 is 3.00 bits per heavy atom. The van der Waals surface area contributed by atoms with Crippen LogP contribution in [0.5, 0.6) is 0 Å². The number of carbonyl (C=O) groups excluding carboxylic acids is 1. The number of nitrogens with zero attached hydrogens (tertiary/aromatic N) is 2. The number of ether oxygens (including phenoxy) is 2. The highest BCUT2D eigenvalue weighted by Gasteiger charge is 2.36. The van der Waals surface area contributed by atoms with Gasteiger partial charge in [-0.3, -0.25) is 9.78 Å². The van der Waals surface area contributed by atoms with Crippen LogP contribution in [0.15, 0.2) is 48.5 Å². The molecule has 1 amide bonds. The minimum atomic E-state index is -0.906. The Hall–Kier alpha value is -3.57. The molecule has 1 aromatic heterocycles. The largest absolute Gasteiger partial charge is 0.495 e. The van der Waals surface area contributed by atoms with Crippen molar-refractivity contribution in [1.29, 1.82) is 5.26 Å². The standard InChI is InChI=1S/C24H27N5O3/c1-15-9-17(6-8-32-15)29-23-19-10-16(12-25)3-4-21(19)27-14-20(23)24(11-22(26)30)7-5-18(31-2)13-28-24/h3-5,7,10,13-15,17,28H,6,8-9,11H2,1-2H3,(H2,26,30)(H,27,29)/t15-,17-,24?/m1/s1. The minimum absolute atomic E-state index is 0.0288. The summed E-state index contributed by atoms with van der Waals surface area (Å²) < 4.78 is 11.0. The van der Waals surface area contributed by atoms with E-state index in [4.69, 9.17) is 15.2 Å². The molecule has 8 nitrogen and oxygen atoms in total. The number of amides is 1. The second-order valence-electron chi connectivity index (χ2n) is 8.28. The maximum absolute atomic E-state index is 12.1. The van der Waals surface area contributed by atoms with Gasteiger partial charge in [-0.15, -0.1) is 0 Å². The first-order valence-electron chi connectivity index (χ1n) is 10.6. The first-order valence-corrected chi connectivity index (χ1v) is 10.6. The highest BCUT2D eigenvalue weighted by Crippen LogP contribution is 2.39. The van der Waals surface area contributed by atoms with E-state index in [2.05, 4.69) is 28.6 Å². The summed E-state index contributed by atoms with van der Waals surface area (Å²) in [6.07, 6.45) is 9.06. The Balaban J connectivity index is 1.88. The van der Waals surface area contributed by atoms with Crippen LogP contribution in [-0.2, 0) is 19.8 Å². The van der Waals surface area contributed by atoms with Gasteiger partial charge in [-0.05, 0) is 44.0 Å². The van der Waals surface area contributed by atoms with Gasteiger partial charge in [0.05, 0.1) is 48.0 Å². The molecule has 2 aliphatic heterocycles. The van der Waals surface area contributed by atoms with Gasteiger partial charge in [0.2, 0.25) is 5.91 Å². The van der Waals surface area contributed by atoms with Crippen molar-refractivity contribution in [3.8, 4) is 6.07 Å². The summed E-state index contributed by atoms with van der Waals surface area (Å²) in [4.78, 5) is 16.7. The van der Waals surface area contributed by atoms with E-state index in [1.165, 1.54) is 0 Å². The van der Waals surface area contributed by atoms with Gasteiger partial charge in [-0.2, -0.15) is 5.26 Å². The number of methoxy groups -OCH3 is 1. The number of aromatic nitrogens is 1. The highest BCUT2D eigenvalue weighted by atomic mass is 16.5. The van der Waals surface area contributed by atoms with Crippen LogP contribution in [0.3, 0.4) is 0 Å². The third kappa shape index (κ3) is 4.25. The average Bonchev–Trinajstić information content (AvgIpc) is 2.79. The maximum atomic E-state index is 12.1. The molecule has 2 aliphatic rings. The number of nitriles is 1. The number of rotatable bonds is 6. The molecule has 0 saturated carbocycles. The first kappa shape index (κ1) is 21.7. The quantitative estimate of drug-likeness (QED) is 0.640. The van der Waals surface area contributed by atoms with Gasteiger partial charge in [0.25, 0.3) is 0 Å². The van der Waals surface area contributed by atoms with Gasteiger partial charge in [0.1, 0.15) is 5.76 Å². The number of fused-ring (bicyclic) bond motifs is 1. The zero-order valence-electron chi connectivity index (χ0n) is 18.2. The van der Waals surface area contributed by atoms with Gasteiger partial charge in [0.15, 0.2) is 0 Å². The molecule has 1 saturated heterocycles. The summed E-state index contributed by atoms with van der Waals surface area (Å²) in [7, 11) is 1.58. The monoisotopic (exact) mass is 433 g/mol. The van der Waals surface area contributed by atoms with Crippen LogP contribution in [0.4, 0.5) is 5.69 Å². The molecule has 0 aliphatic carbocycles. The molecule has 0 radical (unpaired) electrons. The van der Waals surface area contributed by atoms with Gasteiger partial charge in [-0.25, -0.2) is 0 Å². The topological polar surface area (TPSA) is 122 Å². The molecule has 166 valence electrons. The van der Waals surface area contributed by atoms with Gasteiger partial charge < -0.3 is 25.8 Å². The lowest BCUT2D eigenvalue weighted by molar-refractivity contribution is -0.119. The third-order valence-electron chi connectivity index (χ3n) is 6.00. The lowest BCUT2D eigenvalue weighted by Gasteiger charge is -2.37. The molecule has 2 aromatic rings. The van der Waals surface area contributed by atoms with E-state index < -0.39 is 11.4 Å². The van der Waals surface area contributed by atoms with E-state index in [-0.39, 0.29) is 18.6 Å². The molecule has 0 spiro atoms. The molecule has 1 unspecified atom stereocenters. The van der Waals surface area contributed by atoms with Crippen molar-refractivity contribution in [2.24, 2.45) is 5.73 Å². The predicted octanol–water partition coefficient (Wildman–Crippen LogP) is 2.80. The van der Waals surface area contributed by atoms with E-state index in [1.54, 1.807) is 25.6 Å². The molecule has 4 rings (SSSR count). The molecule has 0 bridgehead atoms. The minimum Gasteiger partial charge on any atom is -0.495 e. The van der Waals surface area contributed by atoms with Crippen molar-refractivity contribution in [3.63, 3.8) is 0 Å². The number of benzene rings is 1. The Morgan fingerprint density at radius 1 is 1.50 bits per heavy atom. The summed E-state index contributed by atoms with van der Waals surface area (Å²) in [6, 6.07) is 7.80. The SMILES string of the molecule is COC1=CNC(CC(N)=O)(c2cnc3ccc(C#N)cc3c2N[C@@H]2CCO[C@H](C)C2)C=C1. The molecule has 8 heteroatoms. The number of anilines is 1. The fraction of sp³-hybridized carbons (Fsp3) is 0.375. The molecule has 3 heterocycles. The van der Waals surface area contributed by atoms with E-state index in [1.807, 2.05) is 24.3 Å². The Bertz CT molecular complexity index is 1140. The lowest BCUT2D eigenvalue weighted by atomic mass is 9.83. The molecular formula is C24H27N5O3. The molecule has 3 atom stereocenters. The first-order chi connectivity index (χ1) is 15.4. The molecule has 1 fully saturated rings. The number of hydrogen-bond acceptors (Lipinski definition) is 7. The van der Waals surface area contributed by atoms with E-state index in [0.29, 0.717) is 17.9 Å². The van der Waals surface area contributed by atoms with Gasteiger partial charge in [-0.1, -0.05) is 6.08 Å². The van der Waals surface area contributed by atoms with Crippen LogP contribution in [0, 0.1) is 11.3 Å². The van der Waals surface area contributed by atoms with Gasteiger partial charge in [0, 0.05) is 36.0 Å². The van der Waals surface area contributed by atoms with Crippen LogP contribution in [0.25, 0.3) is 10.9 Å². The Labute approximate surface area is 187 Å². The lowest BCUT2D eigenvalue weighted by Crippen LogP contribution is -2.44. The zero-order valence-corrected chi connectivity index (χ0v) is 18.2. The predicted molar refractivity (Wildman–Crippen MR) is 121 cm³/mol. The number of allylic oxidation sites excluding steroid dienone is 1. The van der Waals surface area contributed by atoms with Crippen LogP contribution in [0.2, 0.25) is 0 Å². The van der Waals surface area contributed by atoms with Crippen LogP contribution >= 0.6 is 0 Å². The Morgan fingerprint density at radius 2 is 2.34 bits per heavy atom. The van der Waals surface area contributed by atoms with Crippen molar-refractivity contribution in [1.82, 2.24) is 10.3 Å². The van der Waals surface area contributed by atoms with E-state index >= 15 is 0 Å². The summed E-state index contributed by atoms with van der Waals surface area (Å²) in [5.41, 5.74) is 7.66. The second kappa shape index (κ2) is 8.89. The summed E-state index contributed by atoms with van der Waals surface area (Å²) in [6.45, 7) is 2.73. The fourth-order valence-corrected chi connectivity index (χ4v) is 4.38. The van der Waals surface area contributed by atoms with Crippen LogP contribution < -0.4 is 16.4 Å². The van der Waals surface area contributed by atoms with E-state index in [0.717, 1.165) is 35.0 Å². The van der Waals surface area contributed by atoms with Crippen molar-refractivity contribution < 1.29 is 14.3 Å². The molecule has 32 heavy (non-hydrogen) atoms. The van der Waals surface area contributed by atoms with Gasteiger partial charge >= 0.3 is 0 Å². The van der Waals surface area contributed by atoms with E-state index in [9.17, 15) is 10.1 Å². The molecule has 1 aromatic carbocycles. The summed E-state index contributed by atoms with van der Waals surface area (Å²) in [5.74, 6) is 0.186. The smallest absolute Gasteiger partial charge is 0.220 e. The summed E-state index contributed by atoms with van der Waals surface area (Å²) >= 11 is 0. The Kier molecular flexibility index (Phi) is 6.01. The van der Waals surface area contributed by atoms with Crippen LogP contribution in [-0.4, -0.2) is 36.8 Å². The fourth-order valence-electron chi connectivity index (χ4n) is 4.38.